The Labute approximate surface area is 141 Å². The van der Waals surface area contributed by atoms with Crippen LogP contribution >= 0.6 is 27.5 Å². The number of halogens is 3. The second-order valence-electron chi connectivity index (χ2n) is 5.16. The molecule has 0 bridgehead atoms. The van der Waals surface area contributed by atoms with Gasteiger partial charge >= 0.3 is 5.97 Å². The van der Waals surface area contributed by atoms with Crippen molar-refractivity contribution < 1.29 is 23.8 Å². The van der Waals surface area contributed by atoms with E-state index in [4.69, 9.17) is 16.3 Å². The van der Waals surface area contributed by atoms with Crippen molar-refractivity contribution in [3.05, 3.63) is 28.3 Å². The summed E-state index contributed by atoms with van der Waals surface area (Å²) in [6.45, 7) is 3.90. The fraction of sp³-hybridized carbons (Fsp3) is 0.500. The minimum Gasteiger partial charge on any atom is -0.454 e. The molecule has 22 heavy (non-hydrogen) atoms. The largest absolute Gasteiger partial charge is 0.454 e. The Bertz CT molecular complexity index is 589. The molecule has 1 aromatic heterocycles. The first kappa shape index (κ1) is 19.0. The normalized spacial score (nSPS) is 12.9. The van der Waals surface area contributed by atoms with Gasteiger partial charge in [0.1, 0.15) is 5.69 Å². The Hall–Kier alpha value is -1.05. The van der Waals surface area contributed by atoms with Gasteiger partial charge in [-0.1, -0.05) is 27.5 Å². The number of ether oxygens (including phenoxy) is 1. The van der Waals surface area contributed by atoms with Crippen LogP contribution in [0.4, 0.5) is 4.39 Å². The molecule has 0 fully saturated rings. The van der Waals surface area contributed by atoms with Crippen LogP contribution in [0.25, 0.3) is 0 Å². The van der Waals surface area contributed by atoms with Crippen LogP contribution in [0, 0.1) is 5.82 Å². The number of carbonyl (C=O) groups is 2. The molecule has 0 spiro atoms. The van der Waals surface area contributed by atoms with Crippen LogP contribution in [0.15, 0.2) is 6.07 Å². The summed E-state index contributed by atoms with van der Waals surface area (Å²) in [5.41, 5.74) is -1.87. The van der Waals surface area contributed by atoms with Gasteiger partial charge in [-0.25, -0.2) is 9.37 Å². The summed E-state index contributed by atoms with van der Waals surface area (Å²) in [6, 6.07) is 1.12. The second-order valence-corrected chi connectivity index (χ2v) is 6.31. The van der Waals surface area contributed by atoms with Gasteiger partial charge in [-0.05, 0) is 19.9 Å². The van der Waals surface area contributed by atoms with E-state index in [1.165, 1.54) is 20.8 Å². The van der Waals surface area contributed by atoms with E-state index in [0.717, 1.165) is 6.07 Å². The van der Waals surface area contributed by atoms with Crippen molar-refractivity contribution in [1.29, 1.82) is 0 Å². The van der Waals surface area contributed by atoms with Crippen molar-refractivity contribution in [3.8, 4) is 0 Å². The number of aromatic nitrogens is 1. The first-order valence-electron chi connectivity index (χ1n) is 6.44. The van der Waals surface area contributed by atoms with E-state index in [9.17, 15) is 19.1 Å². The number of aliphatic hydroxyl groups is 1. The van der Waals surface area contributed by atoms with Crippen LogP contribution < -0.4 is 0 Å². The lowest BCUT2D eigenvalue weighted by Crippen LogP contribution is -2.29. The van der Waals surface area contributed by atoms with E-state index in [1.54, 1.807) is 0 Å². The number of carbonyl (C=O) groups excluding carboxylic acids is 2. The number of ketones is 1. The van der Waals surface area contributed by atoms with Gasteiger partial charge < -0.3 is 9.84 Å². The van der Waals surface area contributed by atoms with E-state index >= 15 is 0 Å². The van der Waals surface area contributed by atoms with Crippen LogP contribution in [0.5, 0.6) is 0 Å². The third-order valence-electron chi connectivity index (χ3n) is 2.80. The summed E-state index contributed by atoms with van der Waals surface area (Å²) in [4.78, 5) is 27.1. The molecule has 5 nitrogen and oxygen atoms in total. The van der Waals surface area contributed by atoms with Crippen LogP contribution in [0.1, 0.15) is 43.2 Å². The van der Waals surface area contributed by atoms with Crippen molar-refractivity contribution in [2.75, 3.05) is 5.33 Å². The van der Waals surface area contributed by atoms with E-state index < -0.39 is 34.4 Å². The molecule has 1 rings (SSSR count). The lowest BCUT2D eigenvalue weighted by molar-refractivity contribution is -0.144. The molecule has 0 saturated carbocycles. The number of alkyl halides is 1. The average molecular weight is 397 g/mol. The molecule has 1 atom stereocenters. The zero-order valence-electron chi connectivity index (χ0n) is 12.3. The molecule has 1 N–H and O–H groups in total. The first-order chi connectivity index (χ1) is 10.1. The second kappa shape index (κ2) is 7.48. The fourth-order valence-electron chi connectivity index (χ4n) is 1.78. The van der Waals surface area contributed by atoms with Crippen molar-refractivity contribution >= 4 is 39.3 Å². The predicted octanol–water partition coefficient (Wildman–Crippen LogP) is 3.00. The molecule has 0 aliphatic carbocycles. The SMILES string of the molecule is CC(=O)OC(CCBr)C(=O)c1cc(C(C)(C)O)c(F)c(Cl)n1. The van der Waals surface area contributed by atoms with E-state index in [-0.39, 0.29) is 17.7 Å². The van der Waals surface area contributed by atoms with Gasteiger partial charge in [0, 0.05) is 24.2 Å². The summed E-state index contributed by atoms with van der Waals surface area (Å²) in [6.07, 6.45) is -0.826. The molecular formula is C14H16BrClFNO4. The Kier molecular flexibility index (Phi) is 6.46. The van der Waals surface area contributed by atoms with Crippen molar-refractivity contribution in [3.63, 3.8) is 0 Å². The Morgan fingerprint density at radius 3 is 2.59 bits per heavy atom. The van der Waals surface area contributed by atoms with Crippen molar-refractivity contribution in [2.24, 2.45) is 0 Å². The number of pyridine rings is 1. The van der Waals surface area contributed by atoms with Crippen LogP contribution in [0.3, 0.4) is 0 Å². The fourth-order valence-corrected chi connectivity index (χ4v) is 2.39. The number of hydrogen-bond acceptors (Lipinski definition) is 5. The summed E-state index contributed by atoms with van der Waals surface area (Å²) in [5, 5.41) is 9.85. The molecule has 1 unspecified atom stereocenters. The Morgan fingerprint density at radius 2 is 2.14 bits per heavy atom. The molecule has 0 aliphatic rings. The van der Waals surface area contributed by atoms with E-state index in [1.807, 2.05) is 0 Å². The average Bonchev–Trinajstić information content (AvgIpc) is 2.38. The van der Waals surface area contributed by atoms with E-state index in [0.29, 0.717) is 5.33 Å². The maximum Gasteiger partial charge on any atom is 0.303 e. The summed E-state index contributed by atoms with van der Waals surface area (Å²) < 4.78 is 18.9. The lowest BCUT2D eigenvalue weighted by Gasteiger charge is -2.20. The molecule has 8 heteroatoms. The number of esters is 1. The van der Waals surface area contributed by atoms with E-state index in [2.05, 4.69) is 20.9 Å². The van der Waals surface area contributed by atoms with Gasteiger partial charge in [0.05, 0.1) is 5.60 Å². The van der Waals surface area contributed by atoms with Crippen molar-refractivity contribution in [1.82, 2.24) is 4.98 Å². The minimum absolute atomic E-state index is 0.156. The molecule has 1 aromatic rings. The highest BCUT2D eigenvalue weighted by atomic mass is 79.9. The molecule has 0 radical (unpaired) electrons. The number of hydrogen-bond donors (Lipinski definition) is 1. The highest BCUT2D eigenvalue weighted by Crippen LogP contribution is 2.28. The zero-order chi connectivity index (χ0) is 17.1. The number of Topliss-reactive ketones (excluding diaryl/α,β-unsaturated/α-hetero) is 1. The quantitative estimate of drug-likeness (QED) is 0.346. The zero-order valence-corrected chi connectivity index (χ0v) is 14.7. The molecule has 0 aliphatic heterocycles. The number of nitrogens with zero attached hydrogens (tertiary/aromatic N) is 1. The van der Waals surface area contributed by atoms with Crippen LogP contribution in [0.2, 0.25) is 5.15 Å². The smallest absolute Gasteiger partial charge is 0.303 e. The standard InChI is InChI=1S/C14H16BrClFNO4/c1-7(19)22-10(4-5-15)12(20)9-6-8(14(2,3)21)11(17)13(16)18-9/h6,10,21H,4-5H2,1-3H3. The van der Waals surface area contributed by atoms with Crippen LogP contribution in [-0.2, 0) is 15.1 Å². The molecule has 0 saturated heterocycles. The maximum atomic E-state index is 13.9. The number of rotatable bonds is 6. The van der Waals surface area contributed by atoms with Gasteiger partial charge in [-0.3, -0.25) is 9.59 Å². The minimum atomic E-state index is -1.54. The first-order valence-corrected chi connectivity index (χ1v) is 7.94. The van der Waals surface area contributed by atoms with Crippen LogP contribution in [-0.4, -0.2) is 33.3 Å². The molecule has 0 aromatic carbocycles. The van der Waals surface area contributed by atoms with Crippen molar-refractivity contribution in [2.45, 2.75) is 38.9 Å². The molecule has 122 valence electrons. The van der Waals surface area contributed by atoms with Gasteiger partial charge in [0.15, 0.2) is 17.1 Å². The van der Waals surface area contributed by atoms with Gasteiger partial charge in [0.25, 0.3) is 0 Å². The summed E-state index contributed by atoms with van der Waals surface area (Å²) in [5.74, 6) is -2.12. The summed E-state index contributed by atoms with van der Waals surface area (Å²) in [7, 11) is 0. The Balaban J connectivity index is 3.27. The topological polar surface area (TPSA) is 76.5 Å². The highest BCUT2D eigenvalue weighted by molar-refractivity contribution is 9.09. The maximum absolute atomic E-state index is 13.9. The van der Waals surface area contributed by atoms with Gasteiger partial charge in [-0.2, -0.15) is 0 Å². The predicted molar refractivity (Wildman–Crippen MR) is 82.7 cm³/mol. The van der Waals surface area contributed by atoms with Gasteiger partial charge in [0.2, 0.25) is 5.78 Å². The third kappa shape index (κ3) is 4.72. The highest BCUT2D eigenvalue weighted by Gasteiger charge is 2.29. The molecule has 0 amide bonds. The summed E-state index contributed by atoms with van der Waals surface area (Å²) >= 11 is 8.85. The van der Waals surface area contributed by atoms with Gasteiger partial charge in [-0.15, -0.1) is 0 Å². The lowest BCUT2D eigenvalue weighted by atomic mass is 9.96. The third-order valence-corrected chi connectivity index (χ3v) is 3.51. The Morgan fingerprint density at radius 1 is 1.55 bits per heavy atom. The monoisotopic (exact) mass is 395 g/mol. The molecule has 1 heterocycles. The molecular weight excluding hydrogens is 381 g/mol.